The fraction of sp³-hybridized carbons (Fsp3) is 0.346. The topological polar surface area (TPSA) is 123 Å². The summed E-state index contributed by atoms with van der Waals surface area (Å²) in [5.74, 6) is -0.117. The number of carboxylic acid groups (broad SMARTS) is 1. The quantitative estimate of drug-likeness (QED) is 0.448. The summed E-state index contributed by atoms with van der Waals surface area (Å²) in [6.45, 7) is 7.12. The van der Waals surface area contributed by atoms with E-state index in [-0.39, 0.29) is 19.0 Å². The van der Waals surface area contributed by atoms with Gasteiger partial charge in [0.05, 0.1) is 24.1 Å². The van der Waals surface area contributed by atoms with E-state index in [0.29, 0.717) is 47.4 Å². The van der Waals surface area contributed by atoms with Crippen LogP contribution in [-0.2, 0) is 22.6 Å². The van der Waals surface area contributed by atoms with Crippen molar-refractivity contribution in [2.45, 2.75) is 39.5 Å². The summed E-state index contributed by atoms with van der Waals surface area (Å²) in [4.78, 5) is 49.9. The van der Waals surface area contributed by atoms with E-state index in [1.54, 1.807) is 52.5 Å². The third-order valence-electron chi connectivity index (χ3n) is 6.26. The first-order valence-electron chi connectivity index (χ1n) is 12.0. The van der Waals surface area contributed by atoms with Crippen LogP contribution in [0.4, 0.5) is 9.59 Å². The Balaban J connectivity index is 1.34. The van der Waals surface area contributed by atoms with Crippen molar-refractivity contribution in [3.8, 4) is 0 Å². The lowest BCUT2D eigenvalue weighted by Crippen LogP contribution is -2.49. The van der Waals surface area contributed by atoms with Gasteiger partial charge in [0.1, 0.15) is 5.60 Å². The minimum atomic E-state index is -1.10. The Bertz CT molecular complexity index is 1510. The van der Waals surface area contributed by atoms with Crippen LogP contribution >= 0.6 is 0 Å². The summed E-state index contributed by atoms with van der Waals surface area (Å²) in [5.41, 5.74) is 1.79. The summed E-state index contributed by atoms with van der Waals surface area (Å²) in [6.07, 6.45) is 4.89. The molecule has 1 saturated heterocycles. The van der Waals surface area contributed by atoms with Crippen molar-refractivity contribution in [2.24, 2.45) is 0 Å². The molecule has 0 aromatic carbocycles. The minimum Gasteiger partial charge on any atom is -0.464 e. The van der Waals surface area contributed by atoms with Crippen LogP contribution in [0.5, 0.6) is 0 Å². The zero-order chi connectivity index (χ0) is 26.3. The Kier molecular flexibility index (Phi) is 6.16. The summed E-state index contributed by atoms with van der Waals surface area (Å²) in [6, 6.07) is 7.06. The molecule has 0 unspecified atom stereocenters. The van der Waals surface area contributed by atoms with Gasteiger partial charge in [-0.05, 0) is 45.0 Å². The van der Waals surface area contributed by atoms with Gasteiger partial charge in [-0.15, -0.1) is 0 Å². The van der Waals surface area contributed by atoms with Gasteiger partial charge in [0.2, 0.25) is 5.91 Å². The van der Waals surface area contributed by atoms with Gasteiger partial charge < -0.3 is 14.7 Å². The normalized spacial score (nSPS) is 15.0. The van der Waals surface area contributed by atoms with Crippen molar-refractivity contribution in [1.29, 1.82) is 0 Å². The molecule has 37 heavy (non-hydrogen) atoms. The molecule has 1 amide bonds. The van der Waals surface area contributed by atoms with Gasteiger partial charge in [0, 0.05) is 66.6 Å². The number of nitrogens with zero attached hydrogens (tertiary/aromatic N) is 6. The number of hydrogen-bond acceptors (Lipinski definition) is 7. The third kappa shape index (κ3) is 4.90. The Labute approximate surface area is 212 Å². The highest BCUT2D eigenvalue weighted by Gasteiger charge is 2.28. The van der Waals surface area contributed by atoms with Gasteiger partial charge >= 0.3 is 12.2 Å². The number of aromatic nitrogens is 4. The Hall–Kier alpha value is -4.25. The van der Waals surface area contributed by atoms with Crippen LogP contribution < -0.4 is 0 Å². The van der Waals surface area contributed by atoms with Gasteiger partial charge in [-0.3, -0.25) is 19.7 Å². The molecular formula is C26H28N6O5. The van der Waals surface area contributed by atoms with Crippen LogP contribution in [0, 0.1) is 0 Å². The van der Waals surface area contributed by atoms with Crippen molar-refractivity contribution in [3.05, 3.63) is 60.4 Å². The monoisotopic (exact) mass is 504 g/mol. The molecule has 192 valence electrons. The molecule has 1 aliphatic rings. The van der Waals surface area contributed by atoms with E-state index in [9.17, 15) is 19.5 Å². The minimum absolute atomic E-state index is 0.117. The van der Waals surface area contributed by atoms with Crippen molar-refractivity contribution < 1.29 is 24.2 Å². The maximum absolute atomic E-state index is 13.1. The maximum atomic E-state index is 13.1. The molecular weight excluding hydrogens is 476 g/mol. The summed E-state index contributed by atoms with van der Waals surface area (Å²) < 4.78 is 8.37. The number of carbonyl (C=O) groups excluding carboxylic acids is 2. The van der Waals surface area contributed by atoms with Gasteiger partial charge in [-0.1, -0.05) is 0 Å². The lowest BCUT2D eigenvalue weighted by molar-refractivity contribution is -0.137. The number of amides is 1. The number of carbonyl (C=O) groups is 3. The second-order valence-electron chi connectivity index (χ2n) is 10.1. The number of piperazine rings is 1. The first kappa shape index (κ1) is 24.4. The van der Waals surface area contributed by atoms with E-state index in [2.05, 4.69) is 9.97 Å². The van der Waals surface area contributed by atoms with Gasteiger partial charge in [0.15, 0.2) is 0 Å². The average molecular weight is 505 g/mol. The van der Waals surface area contributed by atoms with Crippen LogP contribution in [0.3, 0.4) is 0 Å². The highest BCUT2D eigenvalue weighted by molar-refractivity contribution is 5.91. The fourth-order valence-electron chi connectivity index (χ4n) is 4.69. The predicted octanol–water partition coefficient (Wildman–Crippen LogP) is 3.54. The Morgan fingerprint density at radius 1 is 0.946 bits per heavy atom. The molecule has 1 N–H and O–H groups in total. The molecule has 11 nitrogen and oxygen atoms in total. The van der Waals surface area contributed by atoms with Gasteiger partial charge in [-0.2, -0.15) is 0 Å². The Morgan fingerprint density at radius 3 is 2.11 bits per heavy atom. The first-order valence-corrected chi connectivity index (χ1v) is 12.0. The molecule has 0 spiro atoms. The largest absolute Gasteiger partial charge is 0.464 e. The van der Waals surface area contributed by atoms with Gasteiger partial charge in [0.25, 0.3) is 0 Å². The smallest absolute Gasteiger partial charge is 0.419 e. The van der Waals surface area contributed by atoms with E-state index < -0.39 is 17.8 Å². The van der Waals surface area contributed by atoms with E-state index in [1.807, 2.05) is 31.7 Å². The van der Waals surface area contributed by atoms with Crippen molar-refractivity contribution in [2.75, 3.05) is 19.6 Å². The molecule has 0 saturated carbocycles. The first-order chi connectivity index (χ1) is 17.6. The van der Waals surface area contributed by atoms with Crippen LogP contribution in [-0.4, -0.2) is 77.3 Å². The van der Waals surface area contributed by atoms with Crippen molar-refractivity contribution in [3.63, 3.8) is 0 Å². The molecule has 0 atom stereocenters. The van der Waals surface area contributed by atoms with E-state index >= 15 is 0 Å². The average Bonchev–Trinajstić information content (AvgIpc) is 3.37. The predicted molar refractivity (Wildman–Crippen MR) is 135 cm³/mol. The van der Waals surface area contributed by atoms with Crippen LogP contribution in [0.1, 0.15) is 32.2 Å². The number of rotatable bonds is 4. The van der Waals surface area contributed by atoms with Gasteiger partial charge in [-0.25, -0.2) is 18.7 Å². The van der Waals surface area contributed by atoms with E-state index in [4.69, 9.17) is 4.74 Å². The highest BCUT2D eigenvalue weighted by atomic mass is 16.6. The maximum Gasteiger partial charge on any atom is 0.419 e. The van der Waals surface area contributed by atoms with E-state index in [0.717, 1.165) is 5.39 Å². The highest BCUT2D eigenvalue weighted by Crippen LogP contribution is 2.24. The second kappa shape index (κ2) is 9.32. The van der Waals surface area contributed by atoms with Crippen LogP contribution in [0.2, 0.25) is 0 Å². The zero-order valence-electron chi connectivity index (χ0n) is 20.9. The van der Waals surface area contributed by atoms with E-state index in [1.165, 1.54) is 4.57 Å². The summed E-state index contributed by atoms with van der Waals surface area (Å²) in [5, 5.41) is 11.3. The number of hydrogen-bond donors (Lipinski definition) is 1. The lowest BCUT2D eigenvalue weighted by atomic mass is 10.2. The number of ether oxygens (including phenoxy) is 1. The number of pyridine rings is 2. The molecule has 0 radical (unpaired) electrons. The summed E-state index contributed by atoms with van der Waals surface area (Å²) >= 11 is 0. The molecule has 4 aromatic rings. The third-order valence-corrected chi connectivity index (χ3v) is 6.26. The second-order valence-corrected chi connectivity index (χ2v) is 10.1. The lowest BCUT2D eigenvalue weighted by Gasteiger charge is -2.34. The van der Waals surface area contributed by atoms with Crippen LogP contribution in [0.25, 0.3) is 21.8 Å². The standard InChI is InChI=1S/C26H28N6O5/c1-26(2,3)37-25(36)32-19(10-18-13-28-7-5-22(18)32)14-29-8-9-30(23(33)16-29)15-20-11-17-12-27-6-4-21(17)31(20)24(34)35/h4-7,10-13H,8-9,14-16H2,1-3H3,(H,34,35). The fourth-order valence-corrected chi connectivity index (χ4v) is 4.69. The molecule has 5 rings (SSSR count). The Morgan fingerprint density at radius 2 is 1.54 bits per heavy atom. The van der Waals surface area contributed by atoms with Crippen LogP contribution in [0.15, 0.2) is 49.1 Å². The number of fused-ring (bicyclic) bond motifs is 2. The molecule has 11 heteroatoms. The van der Waals surface area contributed by atoms with Crippen molar-refractivity contribution >= 4 is 39.9 Å². The van der Waals surface area contributed by atoms with Crippen molar-refractivity contribution in [1.82, 2.24) is 28.9 Å². The molecule has 0 aliphatic carbocycles. The zero-order valence-corrected chi connectivity index (χ0v) is 20.9. The summed E-state index contributed by atoms with van der Waals surface area (Å²) in [7, 11) is 0. The molecule has 4 aromatic heterocycles. The molecule has 1 aliphatic heterocycles. The molecule has 5 heterocycles. The molecule has 0 bridgehead atoms. The SMILES string of the molecule is CC(C)(C)OC(=O)n1c(CN2CCN(Cc3cc4cnccc4n3C(=O)O)C(=O)C2)cc2cnccc21. The molecule has 1 fully saturated rings.